The zero-order valence-electron chi connectivity index (χ0n) is 11.6. The number of aromatic nitrogens is 1. The van der Waals surface area contributed by atoms with E-state index in [9.17, 15) is 9.59 Å². The van der Waals surface area contributed by atoms with E-state index < -0.39 is 11.9 Å². The Hall–Kier alpha value is -2.05. The molecule has 110 valence electrons. The Bertz CT molecular complexity index is 500. The van der Waals surface area contributed by atoms with Gasteiger partial charge in [0.2, 0.25) is 0 Å². The summed E-state index contributed by atoms with van der Waals surface area (Å²) in [7, 11) is 0. The molecule has 2 atom stereocenters. The van der Waals surface area contributed by atoms with Crippen LogP contribution in [0.4, 0.5) is 4.79 Å². The monoisotopic (exact) mass is 281 g/mol. The maximum Gasteiger partial charge on any atom is 0.317 e. The molecule has 0 radical (unpaired) electrons. The van der Waals surface area contributed by atoms with Crippen LogP contribution in [0.5, 0.6) is 0 Å². The van der Waals surface area contributed by atoms with Crippen molar-refractivity contribution in [1.82, 2.24) is 15.4 Å². The van der Waals surface area contributed by atoms with E-state index in [0.29, 0.717) is 18.7 Å². The molecule has 0 aromatic carbocycles. The van der Waals surface area contributed by atoms with Gasteiger partial charge in [0.1, 0.15) is 0 Å². The lowest BCUT2D eigenvalue weighted by Gasteiger charge is -2.34. The van der Waals surface area contributed by atoms with Gasteiger partial charge in [-0.25, -0.2) is 4.79 Å². The van der Waals surface area contributed by atoms with E-state index >= 15 is 0 Å². The summed E-state index contributed by atoms with van der Waals surface area (Å²) in [4.78, 5) is 24.7. The summed E-state index contributed by atoms with van der Waals surface area (Å²) >= 11 is 0. The summed E-state index contributed by atoms with van der Waals surface area (Å²) in [5.74, 6) is -0.573. The van der Waals surface area contributed by atoms with Crippen molar-refractivity contribution in [2.45, 2.75) is 26.8 Å². The lowest BCUT2D eigenvalue weighted by Crippen LogP contribution is -2.49. The quantitative estimate of drug-likeness (QED) is 0.869. The van der Waals surface area contributed by atoms with Gasteiger partial charge in [-0.2, -0.15) is 0 Å². The number of amides is 2. The van der Waals surface area contributed by atoms with Crippen molar-refractivity contribution in [3.63, 3.8) is 0 Å². The van der Waals surface area contributed by atoms with Crippen LogP contribution in [0.2, 0.25) is 0 Å². The Morgan fingerprint density at radius 1 is 1.55 bits per heavy atom. The largest absolute Gasteiger partial charge is 0.481 e. The molecule has 1 aromatic heterocycles. The summed E-state index contributed by atoms with van der Waals surface area (Å²) in [6.07, 6.45) is 0.612. The minimum absolute atomic E-state index is 0.183. The molecule has 2 unspecified atom stereocenters. The molecule has 2 amide bonds. The van der Waals surface area contributed by atoms with Gasteiger partial charge in [-0.3, -0.25) is 4.79 Å². The summed E-state index contributed by atoms with van der Waals surface area (Å²) < 4.78 is 5.01. The van der Waals surface area contributed by atoms with E-state index in [1.54, 1.807) is 17.9 Å². The lowest BCUT2D eigenvalue weighted by atomic mass is 9.91. The van der Waals surface area contributed by atoms with Crippen LogP contribution in [0, 0.1) is 18.8 Å². The lowest BCUT2D eigenvalue weighted by molar-refractivity contribution is -0.143. The van der Waals surface area contributed by atoms with E-state index in [2.05, 4.69) is 10.5 Å². The van der Waals surface area contributed by atoms with Crippen LogP contribution < -0.4 is 5.32 Å². The van der Waals surface area contributed by atoms with E-state index in [4.69, 9.17) is 9.63 Å². The molecule has 20 heavy (non-hydrogen) atoms. The number of piperidine rings is 1. The number of nitrogens with zero attached hydrogens (tertiary/aromatic N) is 2. The average Bonchev–Trinajstić information content (AvgIpc) is 2.81. The molecule has 7 heteroatoms. The fourth-order valence-corrected chi connectivity index (χ4v) is 2.47. The minimum Gasteiger partial charge on any atom is -0.481 e. The Morgan fingerprint density at radius 3 is 2.90 bits per heavy atom. The molecule has 1 saturated heterocycles. The Kier molecular flexibility index (Phi) is 4.26. The highest BCUT2D eigenvalue weighted by Crippen LogP contribution is 2.21. The van der Waals surface area contributed by atoms with Crippen molar-refractivity contribution in [2.24, 2.45) is 11.8 Å². The van der Waals surface area contributed by atoms with Gasteiger partial charge in [0, 0.05) is 19.2 Å². The van der Waals surface area contributed by atoms with Crippen molar-refractivity contribution < 1.29 is 19.2 Å². The topological polar surface area (TPSA) is 95.7 Å². The van der Waals surface area contributed by atoms with Gasteiger partial charge in [0.25, 0.3) is 0 Å². The van der Waals surface area contributed by atoms with Gasteiger partial charge in [-0.1, -0.05) is 12.1 Å². The van der Waals surface area contributed by atoms with Gasteiger partial charge < -0.3 is 19.8 Å². The van der Waals surface area contributed by atoms with Crippen LogP contribution in [0.15, 0.2) is 10.6 Å². The predicted molar refractivity (Wildman–Crippen MR) is 70.0 cm³/mol. The number of carbonyl (C=O) groups excluding carboxylic acids is 1. The maximum atomic E-state index is 12.1. The number of aryl methyl sites for hydroxylation is 1. The highest BCUT2D eigenvalue weighted by molar-refractivity contribution is 5.76. The number of hydrogen-bond acceptors (Lipinski definition) is 4. The first-order valence-corrected chi connectivity index (χ1v) is 6.63. The van der Waals surface area contributed by atoms with Gasteiger partial charge in [0.15, 0.2) is 5.76 Å². The summed E-state index contributed by atoms with van der Waals surface area (Å²) in [5, 5.41) is 15.5. The Balaban J connectivity index is 1.89. The van der Waals surface area contributed by atoms with Crippen molar-refractivity contribution in [1.29, 1.82) is 0 Å². The fraction of sp³-hybridized carbons (Fsp3) is 0.615. The standard InChI is InChI=1S/C13H19N3O4/c1-8-3-10(12(17)18)7-16(6-8)13(19)14-5-11-4-9(2)15-20-11/h4,8,10H,3,5-7H2,1-2H3,(H,14,19)(H,17,18). The van der Waals surface area contributed by atoms with Gasteiger partial charge >= 0.3 is 12.0 Å². The van der Waals surface area contributed by atoms with Crippen molar-refractivity contribution in [3.05, 3.63) is 17.5 Å². The summed E-state index contributed by atoms with van der Waals surface area (Å²) in [6, 6.07) is 1.48. The smallest absolute Gasteiger partial charge is 0.317 e. The zero-order chi connectivity index (χ0) is 14.7. The number of carboxylic acid groups (broad SMARTS) is 1. The van der Waals surface area contributed by atoms with E-state index in [0.717, 1.165) is 5.69 Å². The molecule has 0 aliphatic carbocycles. The molecule has 1 aliphatic rings. The molecular formula is C13H19N3O4. The fourth-order valence-electron chi connectivity index (χ4n) is 2.47. The second-order valence-corrected chi connectivity index (χ2v) is 5.37. The van der Waals surface area contributed by atoms with E-state index in [-0.39, 0.29) is 25.0 Å². The number of aliphatic carboxylic acids is 1. The number of likely N-dealkylation sites (tertiary alicyclic amines) is 1. The first kappa shape index (κ1) is 14.4. The highest BCUT2D eigenvalue weighted by atomic mass is 16.5. The highest BCUT2D eigenvalue weighted by Gasteiger charge is 2.31. The molecule has 0 saturated carbocycles. The molecule has 1 aromatic rings. The first-order chi connectivity index (χ1) is 9.45. The van der Waals surface area contributed by atoms with E-state index in [1.807, 2.05) is 6.92 Å². The molecule has 2 rings (SSSR count). The third kappa shape index (κ3) is 3.49. The van der Waals surface area contributed by atoms with Crippen LogP contribution in [0.25, 0.3) is 0 Å². The second-order valence-electron chi connectivity index (χ2n) is 5.37. The number of urea groups is 1. The van der Waals surface area contributed by atoms with Crippen molar-refractivity contribution in [3.8, 4) is 0 Å². The second kappa shape index (κ2) is 5.94. The number of rotatable bonds is 3. The first-order valence-electron chi connectivity index (χ1n) is 6.63. The van der Waals surface area contributed by atoms with Crippen molar-refractivity contribution >= 4 is 12.0 Å². The third-order valence-corrected chi connectivity index (χ3v) is 3.39. The van der Waals surface area contributed by atoms with Gasteiger partial charge in [-0.05, 0) is 19.3 Å². The molecule has 0 spiro atoms. The van der Waals surface area contributed by atoms with Crippen molar-refractivity contribution in [2.75, 3.05) is 13.1 Å². The normalized spacial score (nSPS) is 22.6. The number of carboxylic acids is 1. The third-order valence-electron chi connectivity index (χ3n) is 3.39. The summed E-state index contributed by atoms with van der Waals surface area (Å²) in [6.45, 7) is 4.84. The van der Waals surface area contributed by atoms with E-state index in [1.165, 1.54) is 0 Å². The number of nitrogens with one attached hydrogen (secondary N) is 1. The van der Waals surface area contributed by atoms with Crippen LogP contribution in [-0.4, -0.2) is 40.3 Å². The van der Waals surface area contributed by atoms with Crippen LogP contribution >= 0.6 is 0 Å². The number of hydrogen-bond donors (Lipinski definition) is 2. The van der Waals surface area contributed by atoms with Crippen LogP contribution in [0.3, 0.4) is 0 Å². The molecule has 1 aliphatic heterocycles. The molecular weight excluding hydrogens is 262 g/mol. The molecule has 1 fully saturated rings. The van der Waals surface area contributed by atoms with Crippen LogP contribution in [0.1, 0.15) is 24.8 Å². The SMILES string of the molecule is Cc1cc(CNC(=O)N2CC(C)CC(C(=O)O)C2)on1. The van der Waals surface area contributed by atoms with Gasteiger partial charge in [-0.15, -0.1) is 0 Å². The summed E-state index contributed by atoms with van der Waals surface area (Å²) in [5.41, 5.74) is 0.756. The predicted octanol–water partition coefficient (Wildman–Crippen LogP) is 1.24. The number of carbonyl (C=O) groups is 2. The Morgan fingerprint density at radius 2 is 2.30 bits per heavy atom. The molecule has 7 nitrogen and oxygen atoms in total. The minimum atomic E-state index is -0.847. The molecule has 2 N–H and O–H groups in total. The van der Waals surface area contributed by atoms with Crippen LogP contribution in [-0.2, 0) is 11.3 Å². The van der Waals surface area contributed by atoms with Gasteiger partial charge in [0.05, 0.1) is 18.2 Å². The molecule has 2 heterocycles. The zero-order valence-corrected chi connectivity index (χ0v) is 11.6. The molecule has 0 bridgehead atoms. The average molecular weight is 281 g/mol. The Labute approximate surface area is 116 Å². The maximum absolute atomic E-state index is 12.1.